The maximum atomic E-state index is 11.5. The number of ether oxygens (including phenoxy) is 1. The smallest absolute Gasteiger partial charge is 0.311 e. The number of anilines is 1. The summed E-state index contributed by atoms with van der Waals surface area (Å²) in [5.74, 6) is -0.737. The summed E-state index contributed by atoms with van der Waals surface area (Å²) < 4.78 is 4.52. The summed E-state index contributed by atoms with van der Waals surface area (Å²) in [6, 6.07) is 0. The number of nitrogens with zero attached hydrogens (tertiary/aromatic N) is 2. The number of esters is 1. The molecule has 0 saturated carbocycles. The Labute approximate surface area is 101 Å². The lowest BCUT2D eigenvalue weighted by atomic mass is 10.3. The van der Waals surface area contributed by atoms with E-state index < -0.39 is 0 Å². The third kappa shape index (κ3) is 2.50. The van der Waals surface area contributed by atoms with Crippen molar-refractivity contribution in [3.8, 4) is 0 Å². The van der Waals surface area contributed by atoms with Crippen LogP contribution in [0.2, 0.25) is 0 Å². The van der Waals surface area contributed by atoms with Gasteiger partial charge in [0.2, 0.25) is 5.91 Å². The van der Waals surface area contributed by atoms with E-state index in [9.17, 15) is 14.4 Å². The van der Waals surface area contributed by atoms with Gasteiger partial charge in [-0.05, 0) is 0 Å². The summed E-state index contributed by atoms with van der Waals surface area (Å²) >= 11 is 1.24. The zero-order valence-corrected chi connectivity index (χ0v) is 9.95. The fraction of sp³-hybridized carbons (Fsp3) is 0.400. The Morgan fingerprint density at radius 3 is 2.94 bits per heavy atom. The first-order valence-electron chi connectivity index (χ1n) is 4.93. The average Bonchev–Trinajstić information content (AvgIpc) is 2.85. The minimum atomic E-state index is -0.384. The first-order chi connectivity index (χ1) is 8.10. The predicted molar refractivity (Wildman–Crippen MR) is 59.8 cm³/mol. The SMILES string of the molecule is COC(=O)Cc1csc(N2CC(=O)CC2=O)n1. The van der Waals surface area contributed by atoms with Gasteiger partial charge in [0.1, 0.15) is 0 Å². The van der Waals surface area contributed by atoms with Gasteiger partial charge in [-0.2, -0.15) is 0 Å². The minimum Gasteiger partial charge on any atom is -0.469 e. The standard InChI is InChI=1S/C10H10N2O4S/c1-16-9(15)2-6-5-17-10(11-6)12-4-7(13)3-8(12)14/h5H,2-4H2,1H3. The third-order valence-corrected chi connectivity index (χ3v) is 3.22. The molecule has 0 N–H and O–H groups in total. The fourth-order valence-electron chi connectivity index (χ4n) is 1.48. The van der Waals surface area contributed by atoms with E-state index >= 15 is 0 Å². The van der Waals surface area contributed by atoms with Crippen LogP contribution in [0.4, 0.5) is 5.13 Å². The van der Waals surface area contributed by atoms with Crippen molar-refractivity contribution in [2.24, 2.45) is 0 Å². The highest BCUT2D eigenvalue weighted by Crippen LogP contribution is 2.24. The Balaban J connectivity index is 2.10. The molecule has 0 atom stereocenters. The molecule has 1 amide bonds. The Morgan fingerprint density at radius 1 is 1.59 bits per heavy atom. The first kappa shape index (κ1) is 11.7. The lowest BCUT2D eigenvalue weighted by molar-refractivity contribution is -0.139. The zero-order chi connectivity index (χ0) is 12.4. The molecule has 1 fully saturated rings. The molecule has 0 aromatic carbocycles. The van der Waals surface area contributed by atoms with Gasteiger partial charge in [0.25, 0.3) is 0 Å². The number of aromatic nitrogens is 1. The molecule has 90 valence electrons. The van der Waals surface area contributed by atoms with Crippen LogP contribution in [0.25, 0.3) is 0 Å². The van der Waals surface area contributed by atoms with Crippen molar-refractivity contribution in [3.63, 3.8) is 0 Å². The number of hydrogen-bond acceptors (Lipinski definition) is 6. The van der Waals surface area contributed by atoms with Crippen molar-refractivity contribution in [3.05, 3.63) is 11.1 Å². The third-order valence-electron chi connectivity index (χ3n) is 2.31. The van der Waals surface area contributed by atoms with Gasteiger partial charge in [-0.1, -0.05) is 0 Å². The van der Waals surface area contributed by atoms with E-state index in [0.717, 1.165) is 0 Å². The minimum absolute atomic E-state index is 0.0636. The van der Waals surface area contributed by atoms with Crippen LogP contribution < -0.4 is 4.90 Å². The van der Waals surface area contributed by atoms with Gasteiger partial charge in [-0.3, -0.25) is 19.3 Å². The lowest BCUT2D eigenvalue weighted by Crippen LogP contribution is -2.24. The van der Waals surface area contributed by atoms with E-state index in [1.165, 1.54) is 23.3 Å². The number of hydrogen-bond donors (Lipinski definition) is 0. The van der Waals surface area contributed by atoms with E-state index in [1.807, 2.05) is 0 Å². The van der Waals surface area contributed by atoms with E-state index in [0.29, 0.717) is 10.8 Å². The largest absolute Gasteiger partial charge is 0.469 e. The van der Waals surface area contributed by atoms with Gasteiger partial charge in [-0.25, -0.2) is 4.98 Å². The zero-order valence-electron chi connectivity index (χ0n) is 9.13. The van der Waals surface area contributed by atoms with Gasteiger partial charge in [0.05, 0.1) is 32.2 Å². The monoisotopic (exact) mass is 254 g/mol. The number of methoxy groups -OCH3 is 1. The number of thiazole rings is 1. The van der Waals surface area contributed by atoms with Crippen molar-refractivity contribution < 1.29 is 19.1 Å². The molecule has 1 aliphatic rings. The number of carbonyl (C=O) groups is 3. The molecule has 0 radical (unpaired) electrons. The summed E-state index contributed by atoms with van der Waals surface area (Å²) in [6.07, 6.45) is 0.00882. The molecule has 0 aliphatic carbocycles. The summed E-state index contributed by atoms with van der Waals surface area (Å²) in [7, 11) is 1.30. The van der Waals surface area contributed by atoms with Crippen molar-refractivity contribution in [2.45, 2.75) is 12.8 Å². The molecule has 2 rings (SSSR count). The van der Waals surface area contributed by atoms with Crippen molar-refractivity contribution in [2.75, 3.05) is 18.6 Å². The molecule has 1 aromatic rings. The molecule has 1 aliphatic heterocycles. The maximum Gasteiger partial charge on any atom is 0.311 e. The summed E-state index contributed by atoms with van der Waals surface area (Å²) in [4.78, 5) is 39.1. The molecule has 1 saturated heterocycles. The van der Waals surface area contributed by atoms with Crippen LogP contribution in [0.5, 0.6) is 0 Å². The predicted octanol–water partition coefficient (Wildman–Crippen LogP) is 0.164. The maximum absolute atomic E-state index is 11.5. The Bertz CT molecular complexity index is 482. The fourth-order valence-corrected chi connectivity index (χ4v) is 2.32. The molecule has 0 bridgehead atoms. The molecule has 2 heterocycles. The topological polar surface area (TPSA) is 76.6 Å². The highest BCUT2D eigenvalue weighted by Gasteiger charge is 2.30. The second kappa shape index (κ2) is 4.62. The van der Waals surface area contributed by atoms with Crippen LogP contribution in [-0.4, -0.2) is 36.3 Å². The van der Waals surface area contributed by atoms with Gasteiger partial charge >= 0.3 is 5.97 Å². The summed E-state index contributed by atoms with van der Waals surface area (Å²) in [5.41, 5.74) is 0.545. The molecule has 7 heteroatoms. The van der Waals surface area contributed by atoms with Crippen LogP contribution in [0.3, 0.4) is 0 Å². The Hall–Kier alpha value is -1.76. The molecule has 17 heavy (non-hydrogen) atoms. The van der Waals surface area contributed by atoms with Crippen LogP contribution in [0, 0.1) is 0 Å². The molecule has 6 nitrogen and oxygen atoms in total. The van der Waals surface area contributed by atoms with E-state index in [2.05, 4.69) is 9.72 Å². The Morgan fingerprint density at radius 2 is 2.35 bits per heavy atom. The normalized spacial score (nSPS) is 15.5. The van der Waals surface area contributed by atoms with Gasteiger partial charge in [-0.15, -0.1) is 11.3 Å². The number of rotatable bonds is 3. The van der Waals surface area contributed by atoms with Crippen LogP contribution in [0.15, 0.2) is 5.38 Å². The number of carbonyl (C=O) groups excluding carboxylic acids is 3. The Kier molecular flexibility index (Phi) is 3.19. The van der Waals surface area contributed by atoms with Crippen molar-refractivity contribution in [1.82, 2.24) is 4.98 Å². The number of amides is 1. The van der Waals surface area contributed by atoms with E-state index in [-0.39, 0.29) is 37.0 Å². The summed E-state index contributed by atoms with van der Waals surface area (Å²) in [5, 5.41) is 2.14. The first-order valence-corrected chi connectivity index (χ1v) is 5.81. The van der Waals surface area contributed by atoms with Gasteiger partial charge < -0.3 is 4.74 Å². The van der Waals surface area contributed by atoms with Gasteiger partial charge in [0, 0.05) is 5.38 Å². The second-order valence-corrected chi connectivity index (χ2v) is 4.41. The van der Waals surface area contributed by atoms with Crippen molar-refractivity contribution in [1.29, 1.82) is 0 Å². The van der Waals surface area contributed by atoms with Crippen LogP contribution in [0.1, 0.15) is 12.1 Å². The highest BCUT2D eigenvalue weighted by atomic mass is 32.1. The molecule has 0 unspecified atom stereocenters. The number of ketones is 1. The molecule has 0 spiro atoms. The highest BCUT2D eigenvalue weighted by molar-refractivity contribution is 7.14. The quantitative estimate of drug-likeness (QED) is 0.567. The molecular weight excluding hydrogens is 244 g/mol. The second-order valence-electron chi connectivity index (χ2n) is 3.57. The molecule has 1 aromatic heterocycles. The molecular formula is C10H10N2O4S. The van der Waals surface area contributed by atoms with Crippen molar-refractivity contribution >= 4 is 34.1 Å². The van der Waals surface area contributed by atoms with E-state index in [1.54, 1.807) is 5.38 Å². The number of Topliss-reactive ketones (excluding diaryl/α,β-unsaturated/α-hetero) is 1. The van der Waals surface area contributed by atoms with Crippen LogP contribution in [-0.2, 0) is 25.5 Å². The summed E-state index contributed by atoms with van der Waals surface area (Å²) in [6.45, 7) is 0.0734. The van der Waals surface area contributed by atoms with Crippen LogP contribution >= 0.6 is 11.3 Å². The van der Waals surface area contributed by atoms with Gasteiger partial charge in [0.15, 0.2) is 10.9 Å². The lowest BCUT2D eigenvalue weighted by Gasteiger charge is -2.09. The average molecular weight is 254 g/mol. The van der Waals surface area contributed by atoms with E-state index in [4.69, 9.17) is 0 Å².